The molecular weight excluding hydrogens is 350 g/mol. The summed E-state index contributed by atoms with van der Waals surface area (Å²) in [6.45, 7) is 14.4. The average Bonchev–Trinajstić information content (AvgIpc) is 2.69. The number of hydrogen-bond acceptors (Lipinski definition) is 3. The molecule has 0 amide bonds. The van der Waals surface area contributed by atoms with Crippen LogP contribution in [0.15, 0.2) is 29.3 Å². The second-order valence-corrected chi connectivity index (χ2v) is 8.80. The molecule has 1 fully saturated rings. The van der Waals surface area contributed by atoms with E-state index in [4.69, 9.17) is 14.5 Å². The van der Waals surface area contributed by atoms with Gasteiger partial charge in [-0.15, -0.1) is 0 Å². The van der Waals surface area contributed by atoms with Crippen LogP contribution < -0.4 is 15.4 Å². The molecule has 158 valence electrons. The van der Waals surface area contributed by atoms with E-state index in [9.17, 15) is 0 Å². The minimum atomic E-state index is 0.153. The van der Waals surface area contributed by atoms with Crippen molar-refractivity contribution in [3.63, 3.8) is 0 Å². The second kappa shape index (κ2) is 10.7. The molecule has 5 heteroatoms. The summed E-state index contributed by atoms with van der Waals surface area (Å²) in [5.74, 6) is 2.59. The summed E-state index contributed by atoms with van der Waals surface area (Å²) in [6.07, 6.45) is 2.62. The highest BCUT2D eigenvalue weighted by atomic mass is 16.5. The third-order valence-corrected chi connectivity index (χ3v) is 5.37. The van der Waals surface area contributed by atoms with Crippen LogP contribution in [-0.4, -0.2) is 45.4 Å². The summed E-state index contributed by atoms with van der Waals surface area (Å²) in [5, 5.41) is 6.93. The van der Waals surface area contributed by atoms with Crippen LogP contribution in [0.2, 0.25) is 0 Å². The Labute approximate surface area is 171 Å². The van der Waals surface area contributed by atoms with E-state index in [1.807, 2.05) is 12.1 Å². The largest absolute Gasteiger partial charge is 0.496 e. The summed E-state index contributed by atoms with van der Waals surface area (Å²) in [6, 6.07) is 8.18. The number of hydrogen-bond donors (Lipinski definition) is 2. The first kappa shape index (κ1) is 22.5. The van der Waals surface area contributed by atoms with Crippen molar-refractivity contribution in [1.29, 1.82) is 0 Å². The molecular formula is C23H39N3O2. The van der Waals surface area contributed by atoms with Crippen LogP contribution >= 0.6 is 0 Å². The molecule has 1 aromatic carbocycles. The Kier molecular flexibility index (Phi) is 8.61. The van der Waals surface area contributed by atoms with Gasteiger partial charge in [0.05, 0.1) is 13.2 Å². The smallest absolute Gasteiger partial charge is 0.191 e. The molecule has 0 saturated carbocycles. The van der Waals surface area contributed by atoms with Gasteiger partial charge < -0.3 is 20.1 Å². The molecule has 0 aromatic heterocycles. The minimum absolute atomic E-state index is 0.153. The fourth-order valence-electron chi connectivity index (χ4n) is 3.98. The number of nitrogens with zero attached hydrogens (tertiary/aromatic N) is 1. The third-order valence-electron chi connectivity index (χ3n) is 5.37. The van der Waals surface area contributed by atoms with Crippen LogP contribution in [0.3, 0.4) is 0 Å². The van der Waals surface area contributed by atoms with Crippen molar-refractivity contribution in [2.24, 2.45) is 16.3 Å². The van der Waals surface area contributed by atoms with Gasteiger partial charge in [0.1, 0.15) is 5.75 Å². The number of aliphatic imine (C=N–C) groups is 1. The molecule has 5 nitrogen and oxygen atoms in total. The van der Waals surface area contributed by atoms with Gasteiger partial charge in [-0.2, -0.15) is 0 Å². The lowest BCUT2D eigenvalue weighted by molar-refractivity contribution is -0.0835. The SMILES string of the molecule is CCNC(=NCC(C)c1ccccc1OC)NCC1CCCOC1C(C)(C)C. The molecule has 1 heterocycles. The fourth-order valence-corrected chi connectivity index (χ4v) is 3.98. The lowest BCUT2D eigenvalue weighted by Crippen LogP contribution is -2.47. The highest BCUT2D eigenvalue weighted by molar-refractivity contribution is 5.79. The summed E-state index contributed by atoms with van der Waals surface area (Å²) in [7, 11) is 1.72. The van der Waals surface area contributed by atoms with Crippen LogP contribution in [0.1, 0.15) is 58.9 Å². The molecule has 1 aliphatic heterocycles. The maximum atomic E-state index is 6.11. The number of ether oxygens (including phenoxy) is 2. The maximum Gasteiger partial charge on any atom is 0.191 e. The molecule has 2 rings (SSSR count). The van der Waals surface area contributed by atoms with Crippen molar-refractivity contribution in [2.75, 3.05) is 33.4 Å². The molecule has 1 aliphatic rings. The zero-order chi connectivity index (χ0) is 20.6. The predicted molar refractivity (Wildman–Crippen MR) is 117 cm³/mol. The maximum absolute atomic E-state index is 6.11. The quantitative estimate of drug-likeness (QED) is 0.542. The van der Waals surface area contributed by atoms with Crippen molar-refractivity contribution in [2.45, 2.75) is 59.5 Å². The van der Waals surface area contributed by atoms with Gasteiger partial charge in [0.25, 0.3) is 0 Å². The number of nitrogens with one attached hydrogen (secondary N) is 2. The van der Waals surface area contributed by atoms with E-state index in [-0.39, 0.29) is 17.4 Å². The normalized spacial score (nSPS) is 21.9. The number of guanidine groups is 1. The number of para-hydroxylation sites is 1. The molecule has 1 aromatic rings. The van der Waals surface area contributed by atoms with Gasteiger partial charge in [-0.1, -0.05) is 45.9 Å². The fraction of sp³-hybridized carbons (Fsp3) is 0.696. The Morgan fingerprint density at radius 2 is 2.04 bits per heavy atom. The zero-order valence-corrected chi connectivity index (χ0v) is 18.5. The highest BCUT2D eigenvalue weighted by Crippen LogP contribution is 2.33. The van der Waals surface area contributed by atoms with E-state index in [1.54, 1.807) is 7.11 Å². The van der Waals surface area contributed by atoms with Gasteiger partial charge in [-0.25, -0.2) is 0 Å². The molecule has 28 heavy (non-hydrogen) atoms. The number of benzene rings is 1. The van der Waals surface area contributed by atoms with Crippen molar-refractivity contribution >= 4 is 5.96 Å². The Morgan fingerprint density at radius 3 is 2.71 bits per heavy atom. The van der Waals surface area contributed by atoms with Gasteiger partial charge in [0.2, 0.25) is 0 Å². The monoisotopic (exact) mass is 389 g/mol. The number of methoxy groups -OCH3 is 1. The first-order valence-electron chi connectivity index (χ1n) is 10.6. The van der Waals surface area contributed by atoms with Gasteiger partial charge in [0, 0.05) is 38.1 Å². The Balaban J connectivity index is 2.00. The first-order valence-corrected chi connectivity index (χ1v) is 10.6. The van der Waals surface area contributed by atoms with E-state index in [2.05, 4.69) is 57.4 Å². The van der Waals surface area contributed by atoms with Crippen LogP contribution in [0.5, 0.6) is 5.75 Å². The Hall–Kier alpha value is -1.75. The van der Waals surface area contributed by atoms with E-state index in [0.717, 1.165) is 37.8 Å². The summed E-state index contributed by atoms with van der Waals surface area (Å²) in [4.78, 5) is 4.83. The molecule has 1 saturated heterocycles. The molecule has 0 radical (unpaired) electrons. The third kappa shape index (κ3) is 6.40. The highest BCUT2D eigenvalue weighted by Gasteiger charge is 2.35. The standard InChI is InChI=1S/C23H39N3O2/c1-7-24-22(25-15-17(2)19-12-8-9-13-20(19)27-6)26-16-18-11-10-14-28-21(18)23(3,4)5/h8-9,12-13,17-18,21H,7,10-11,14-16H2,1-6H3,(H2,24,25,26). The molecule has 0 bridgehead atoms. The van der Waals surface area contributed by atoms with E-state index >= 15 is 0 Å². The molecule has 0 aliphatic carbocycles. The zero-order valence-electron chi connectivity index (χ0n) is 18.5. The minimum Gasteiger partial charge on any atom is -0.496 e. The molecule has 3 unspecified atom stereocenters. The molecule has 0 spiro atoms. The van der Waals surface area contributed by atoms with Gasteiger partial charge in [0.15, 0.2) is 5.96 Å². The van der Waals surface area contributed by atoms with E-state index in [1.165, 1.54) is 12.0 Å². The van der Waals surface area contributed by atoms with Gasteiger partial charge in [-0.05, 0) is 36.8 Å². The lowest BCUT2D eigenvalue weighted by Gasteiger charge is -2.40. The van der Waals surface area contributed by atoms with E-state index < -0.39 is 0 Å². The van der Waals surface area contributed by atoms with Crippen LogP contribution in [0, 0.1) is 11.3 Å². The van der Waals surface area contributed by atoms with Crippen molar-refractivity contribution in [1.82, 2.24) is 10.6 Å². The Morgan fingerprint density at radius 1 is 1.29 bits per heavy atom. The van der Waals surface area contributed by atoms with Crippen LogP contribution in [0.25, 0.3) is 0 Å². The first-order chi connectivity index (χ1) is 13.4. The Bertz CT molecular complexity index is 625. The summed E-state index contributed by atoms with van der Waals surface area (Å²) in [5.41, 5.74) is 1.35. The lowest BCUT2D eigenvalue weighted by atomic mass is 9.78. The van der Waals surface area contributed by atoms with Crippen molar-refractivity contribution in [3.05, 3.63) is 29.8 Å². The molecule has 2 N–H and O–H groups in total. The summed E-state index contributed by atoms with van der Waals surface area (Å²) < 4.78 is 11.6. The van der Waals surface area contributed by atoms with Gasteiger partial charge >= 0.3 is 0 Å². The topological polar surface area (TPSA) is 54.9 Å². The van der Waals surface area contributed by atoms with E-state index in [0.29, 0.717) is 12.5 Å². The predicted octanol–water partition coefficient (Wildman–Crippen LogP) is 4.20. The summed E-state index contributed by atoms with van der Waals surface area (Å²) >= 11 is 0. The average molecular weight is 390 g/mol. The molecule has 3 atom stereocenters. The van der Waals surface area contributed by atoms with Crippen LogP contribution in [0.4, 0.5) is 0 Å². The number of rotatable bonds is 7. The van der Waals surface area contributed by atoms with Gasteiger partial charge in [-0.3, -0.25) is 4.99 Å². The van der Waals surface area contributed by atoms with Crippen molar-refractivity contribution in [3.8, 4) is 5.75 Å². The van der Waals surface area contributed by atoms with Crippen molar-refractivity contribution < 1.29 is 9.47 Å². The van der Waals surface area contributed by atoms with Crippen LogP contribution in [-0.2, 0) is 4.74 Å². The second-order valence-electron chi connectivity index (χ2n) is 8.80.